The molecule has 0 heterocycles. The van der Waals surface area contributed by atoms with Gasteiger partial charge in [-0.25, -0.2) is 0 Å². The molecule has 120 valence electrons. The van der Waals surface area contributed by atoms with Crippen LogP contribution in [0, 0.1) is 17.3 Å². The van der Waals surface area contributed by atoms with Gasteiger partial charge in [-0.05, 0) is 70.4 Å². The summed E-state index contributed by atoms with van der Waals surface area (Å²) in [5, 5.41) is 3.59. The van der Waals surface area contributed by atoms with Gasteiger partial charge in [0.05, 0.1) is 0 Å². The molecule has 0 radical (unpaired) electrons. The van der Waals surface area contributed by atoms with Gasteiger partial charge in [-0.3, -0.25) is 0 Å². The van der Waals surface area contributed by atoms with E-state index < -0.39 is 0 Å². The Morgan fingerprint density at radius 2 is 1.85 bits per heavy atom. The second-order valence-electron chi connectivity index (χ2n) is 8.12. The molecule has 0 aromatic rings. The standard InChI is InChI=1S/C18H38N2/c1-8-11-20(14(2)3)13-15-12-16(18(4,5)6)9-10-17(15)19-7/h14-17,19H,8-13H2,1-7H3. The quantitative estimate of drug-likeness (QED) is 0.787. The molecular weight excluding hydrogens is 244 g/mol. The number of rotatable bonds is 6. The van der Waals surface area contributed by atoms with Crippen LogP contribution in [0.1, 0.15) is 67.2 Å². The minimum atomic E-state index is 0.463. The number of hydrogen-bond acceptors (Lipinski definition) is 2. The van der Waals surface area contributed by atoms with Crippen LogP contribution < -0.4 is 5.32 Å². The number of nitrogens with zero attached hydrogens (tertiary/aromatic N) is 1. The van der Waals surface area contributed by atoms with E-state index in [-0.39, 0.29) is 0 Å². The van der Waals surface area contributed by atoms with Crippen molar-refractivity contribution in [1.82, 2.24) is 10.2 Å². The van der Waals surface area contributed by atoms with Gasteiger partial charge in [0, 0.05) is 18.6 Å². The Balaban J connectivity index is 2.70. The first-order chi connectivity index (χ1) is 9.29. The highest BCUT2D eigenvalue weighted by molar-refractivity contribution is 4.90. The maximum Gasteiger partial charge on any atom is 0.0105 e. The van der Waals surface area contributed by atoms with Crippen molar-refractivity contribution >= 4 is 0 Å². The van der Waals surface area contributed by atoms with Gasteiger partial charge in [-0.2, -0.15) is 0 Å². The predicted octanol–water partition coefficient (Wildman–Crippen LogP) is 4.16. The van der Waals surface area contributed by atoms with Crippen molar-refractivity contribution in [3.63, 3.8) is 0 Å². The van der Waals surface area contributed by atoms with E-state index in [2.05, 4.69) is 58.8 Å². The lowest BCUT2D eigenvalue weighted by molar-refractivity contribution is 0.0802. The van der Waals surface area contributed by atoms with Crippen LogP contribution in [0.15, 0.2) is 0 Å². The summed E-state index contributed by atoms with van der Waals surface area (Å²) >= 11 is 0. The van der Waals surface area contributed by atoms with E-state index in [1.54, 1.807) is 0 Å². The van der Waals surface area contributed by atoms with E-state index in [0.29, 0.717) is 17.5 Å². The third-order valence-electron chi connectivity index (χ3n) is 5.29. The molecule has 1 N–H and O–H groups in total. The maximum absolute atomic E-state index is 3.59. The van der Waals surface area contributed by atoms with Gasteiger partial charge in [0.15, 0.2) is 0 Å². The molecule has 3 unspecified atom stereocenters. The Bertz CT molecular complexity index is 267. The summed E-state index contributed by atoms with van der Waals surface area (Å²) in [5.74, 6) is 1.69. The Morgan fingerprint density at radius 1 is 1.20 bits per heavy atom. The third-order valence-corrected chi connectivity index (χ3v) is 5.29. The highest BCUT2D eigenvalue weighted by atomic mass is 15.1. The molecule has 20 heavy (non-hydrogen) atoms. The molecule has 0 aromatic carbocycles. The zero-order valence-corrected chi connectivity index (χ0v) is 15.0. The SMILES string of the molecule is CCCN(CC1CC(C(C)(C)C)CCC1NC)C(C)C. The monoisotopic (exact) mass is 282 g/mol. The zero-order chi connectivity index (χ0) is 15.3. The van der Waals surface area contributed by atoms with E-state index in [0.717, 1.165) is 11.8 Å². The van der Waals surface area contributed by atoms with E-state index >= 15 is 0 Å². The Morgan fingerprint density at radius 3 is 2.30 bits per heavy atom. The second-order valence-corrected chi connectivity index (χ2v) is 8.12. The van der Waals surface area contributed by atoms with Gasteiger partial charge in [0.2, 0.25) is 0 Å². The van der Waals surface area contributed by atoms with Gasteiger partial charge >= 0.3 is 0 Å². The van der Waals surface area contributed by atoms with Crippen molar-refractivity contribution in [2.45, 2.75) is 79.3 Å². The van der Waals surface area contributed by atoms with Crippen molar-refractivity contribution in [2.75, 3.05) is 20.1 Å². The van der Waals surface area contributed by atoms with Crippen LogP contribution in [0.5, 0.6) is 0 Å². The van der Waals surface area contributed by atoms with Gasteiger partial charge in [0.1, 0.15) is 0 Å². The van der Waals surface area contributed by atoms with E-state index in [4.69, 9.17) is 0 Å². The van der Waals surface area contributed by atoms with Crippen LogP contribution >= 0.6 is 0 Å². The minimum Gasteiger partial charge on any atom is -0.317 e. The van der Waals surface area contributed by atoms with E-state index in [9.17, 15) is 0 Å². The molecular formula is C18H38N2. The van der Waals surface area contributed by atoms with Crippen LogP contribution in [-0.2, 0) is 0 Å². The molecule has 3 atom stereocenters. The first-order valence-electron chi connectivity index (χ1n) is 8.70. The molecule has 1 saturated carbocycles. The summed E-state index contributed by atoms with van der Waals surface area (Å²) in [7, 11) is 2.15. The lowest BCUT2D eigenvalue weighted by atomic mass is 9.67. The van der Waals surface area contributed by atoms with Gasteiger partial charge in [-0.15, -0.1) is 0 Å². The average Bonchev–Trinajstić information content (AvgIpc) is 2.36. The maximum atomic E-state index is 3.59. The highest BCUT2D eigenvalue weighted by Crippen LogP contribution is 2.40. The Labute approximate surface area is 127 Å². The van der Waals surface area contributed by atoms with Crippen molar-refractivity contribution in [1.29, 1.82) is 0 Å². The minimum absolute atomic E-state index is 0.463. The molecule has 0 saturated heterocycles. The predicted molar refractivity (Wildman–Crippen MR) is 90.1 cm³/mol. The molecule has 0 aliphatic heterocycles. The van der Waals surface area contributed by atoms with Crippen LogP contribution in [0.3, 0.4) is 0 Å². The Kier molecular flexibility index (Phi) is 7.00. The number of hydrogen-bond donors (Lipinski definition) is 1. The van der Waals surface area contributed by atoms with E-state index in [1.165, 1.54) is 38.8 Å². The average molecular weight is 283 g/mol. The topological polar surface area (TPSA) is 15.3 Å². The molecule has 1 fully saturated rings. The Hall–Kier alpha value is -0.0800. The normalized spacial score (nSPS) is 28.4. The molecule has 1 aliphatic rings. The summed E-state index contributed by atoms with van der Waals surface area (Å²) in [6.07, 6.45) is 5.39. The number of nitrogens with one attached hydrogen (secondary N) is 1. The first-order valence-corrected chi connectivity index (χ1v) is 8.70. The zero-order valence-electron chi connectivity index (χ0n) is 15.0. The lowest BCUT2D eigenvalue weighted by Gasteiger charge is -2.44. The van der Waals surface area contributed by atoms with Crippen molar-refractivity contribution in [3.8, 4) is 0 Å². The fraction of sp³-hybridized carbons (Fsp3) is 1.00. The van der Waals surface area contributed by atoms with Crippen LogP contribution in [0.4, 0.5) is 0 Å². The fourth-order valence-corrected chi connectivity index (χ4v) is 3.78. The fourth-order valence-electron chi connectivity index (χ4n) is 3.78. The van der Waals surface area contributed by atoms with E-state index in [1.807, 2.05) is 0 Å². The second kappa shape index (κ2) is 7.79. The molecule has 0 spiro atoms. The van der Waals surface area contributed by atoms with Crippen LogP contribution in [0.2, 0.25) is 0 Å². The molecule has 0 aromatic heterocycles. The summed E-state index contributed by atoms with van der Waals surface area (Å²) in [6, 6.07) is 1.38. The highest BCUT2D eigenvalue weighted by Gasteiger charge is 2.36. The summed E-state index contributed by atoms with van der Waals surface area (Å²) < 4.78 is 0. The van der Waals surface area contributed by atoms with Gasteiger partial charge < -0.3 is 10.2 Å². The lowest BCUT2D eigenvalue weighted by Crippen LogP contribution is -2.47. The molecule has 2 nitrogen and oxygen atoms in total. The molecule has 0 amide bonds. The van der Waals surface area contributed by atoms with Crippen molar-refractivity contribution in [3.05, 3.63) is 0 Å². The summed E-state index contributed by atoms with van der Waals surface area (Å²) in [6.45, 7) is 16.7. The molecule has 1 aliphatic carbocycles. The van der Waals surface area contributed by atoms with Crippen LogP contribution in [-0.4, -0.2) is 37.1 Å². The summed E-state index contributed by atoms with van der Waals surface area (Å²) in [5.41, 5.74) is 0.463. The van der Waals surface area contributed by atoms with Crippen molar-refractivity contribution in [2.24, 2.45) is 17.3 Å². The smallest absolute Gasteiger partial charge is 0.0105 e. The van der Waals surface area contributed by atoms with Gasteiger partial charge in [-0.1, -0.05) is 27.7 Å². The largest absolute Gasteiger partial charge is 0.317 e. The van der Waals surface area contributed by atoms with Crippen molar-refractivity contribution < 1.29 is 0 Å². The molecule has 0 bridgehead atoms. The van der Waals surface area contributed by atoms with Gasteiger partial charge in [0.25, 0.3) is 0 Å². The molecule has 2 heteroatoms. The third kappa shape index (κ3) is 5.04. The molecule has 1 rings (SSSR count). The summed E-state index contributed by atoms with van der Waals surface area (Å²) in [4.78, 5) is 2.68. The van der Waals surface area contributed by atoms with Crippen LogP contribution in [0.25, 0.3) is 0 Å². The first kappa shape index (κ1) is 18.0.